The fraction of sp³-hybridized carbons (Fsp3) is 0.208. The van der Waals surface area contributed by atoms with Gasteiger partial charge in [0.15, 0.2) is 0 Å². The van der Waals surface area contributed by atoms with Gasteiger partial charge in [-0.1, -0.05) is 29.8 Å². The number of carbonyl (C=O) groups is 3. The molecule has 0 aliphatic carbocycles. The van der Waals surface area contributed by atoms with Gasteiger partial charge in [0, 0.05) is 37.4 Å². The Labute approximate surface area is 201 Å². The van der Waals surface area contributed by atoms with Crippen molar-refractivity contribution in [3.05, 3.63) is 81.5 Å². The number of thiophene rings is 1. The van der Waals surface area contributed by atoms with Gasteiger partial charge >= 0.3 is 0 Å². The van der Waals surface area contributed by atoms with E-state index < -0.39 is 0 Å². The minimum Gasteiger partial charge on any atom is -0.336 e. The molecule has 1 saturated heterocycles. The SMILES string of the molecule is O=C(CN1CCN(C(=O)c2ccc(NC(=O)c3cccs3)cc2)CC1)Nc1ccccc1Cl. The molecule has 2 heterocycles. The maximum Gasteiger partial charge on any atom is 0.265 e. The molecule has 0 radical (unpaired) electrons. The summed E-state index contributed by atoms with van der Waals surface area (Å²) in [5.41, 5.74) is 1.79. The lowest BCUT2D eigenvalue weighted by Gasteiger charge is -2.34. The number of hydrogen-bond acceptors (Lipinski definition) is 5. The van der Waals surface area contributed by atoms with Crippen LogP contribution < -0.4 is 10.6 Å². The van der Waals surface area contributed by atoms with E-state index in [9.17, 15) is 14.4 Å². The predicted molar refractivity (Wildman–Crippen MR) is 131 cm³/mol. The van der Waals surface area contributed by atoms with Gasteiger partial charge < -0.3 is 15.5 Å². The zero-order chi connectivity index (χ0) is 23.2. The van der Waals surface area contributed by atoms with Crippen molar-refractivity contribution in [2.45, 2.75) is 0 Å². The van der Waals surface area contributed by atoms with E-state index in [0.29, 0.717) is 53.0 Å². The van der Waals surface area contributed by atoms with Crippen LogP contribution in [0.3, 0.4) is 0 Å². The molecule has 1 fully saturated rings. The fourth-order valence-electron chi connectivity index (χ4n) is 3.54. The highest BCUT2D eigenvalue weighted by molar-refractivity contribution is 7.12. The van der Waals surface area contributed by atoms with Gasteiger partial charge in [-0.05, 0) is 47.8 Å². The first-order chi connectivity index (χ1) is 16.0. The molecule has 0 spiro atoms. The maximum atomic E-state index is 12.9. The maximum absolute atomic E-state index is 12.9. The van der Waals surface area contributed by atoms with Gasteiger partial charge in [-0.15, -0.1) is 11.3 Å². The number of rotatable bonds is 6. The molecule has 0 atom stereocenters. The molecule has 3 amide bonds. The summed E-state index contributed by atoms with van der Waals surface area (Å²) < 4.78 is 0. The van der Waals surface area contributed by atoms with Gasteiger partial charge in [-0.25, -0.2) is 0 Å². The Balaban J connectivity index is 1.25. The van der Waals surface area contributed by atoms with E-state index >= 15 is 0 Å². The number of benzene rings is 2. The molecular weight excluding hydrogens is 460 g/mol. The Morgan fingerprint density at radius 1 is 0.879 bits per heavy atom. The zero-order valence-corrected chi connectivity index (χ0v) is 19.4. The van der Waals surface area contributed by atoms with E-state index in [1.54, 1.807) is 47.4 Å². The Morgan fingerprint density at radius 2 is 1.61 bits per heavy atom. The topological polar surface area (TPSA) is 81.8 Å². The van der Waals surface area contributed by atoms with Crippen LogP contribution in [-0.4, -0.2) is 60.2 Å². The second-order valence-corrected chi connectivity index (χ2v) is 8.96. The van der Waals surface area contributed by atoms with Gasteiger partial charge in [0.2, 0.25) is 5.91 Å². The first-order valence-corrected chi connectivity index (χ1v) is 11.8. The average molecular weight is 483 g/mol. The number of para-hydroxylation sites is 1. The van der Waals surface area contributed by atoms with E-state index in [1.807, 2.05) is 28.5 Å². The highest BCUT2D eigenvalue weighted by Gasteiger charge is 2.23. The summed E-state index contributed by atoms with van der Waals surface area (Å²) in [6, 6.07) is 17.6. The second kappa shape index (κ2) is 10.6. The molecule has 4 rings (SSSR count). The minimum atomic E-state index is -0.168. The number of nitrogens with zero attached hydrogens (tertiary/aromatic N) is 2. The van der Waals surface area contributed by atoms with Crippen LogP contribution in [0.15, 0.2) is 66.0 Å². The third-order valence-corrected chi connectivity index (χ3v) is 6.51. The van der Waals surface area contributed by atoms with E-state index in [-0.39, 0.29) is 24.3 Å². The zero-order valence-electron chi connectivity index (χ0n) is 17.8. The van der Waals surface area contributed by atoms with Crippen molar-refractivity contribution in [1.29, 1.82) is 0 Å². The lowest BCUT2D eigenvalue weighted by atomic mass is 10.1. The normalized spacial score (nSPS) is 14.0. The first-order valence-electron chi connectivity index (χ1n) is 10.5. The molecule has 7 nitrogen and oxygen atoms in total. The first kappa shape index (κ1) is 23.0. The van der Waals surface area contributed by atoms with Crippen molar-refractivity contribution in [3.63, 3.8) is 0 Å². The lowest BCUT2D eigenvalue weighted by molar-refractivity contribution is -0.117. The molecule has 1 aliphatic heterocycles. The number of halogens is 1. The molecular formula is C24H23ClN4O3S. The van der Waals surface area contributed by atoms with Crippen molar-refractivity contribution in [3.8, 4) is 0 Å². The van der Waals surface area contributed by atoms with Crippen molar-refractivity contribution < 1.29 is 14.4 Å². The predicted octanol–water partition coefficient (Wildman–Crippen LogP) is 4.05. The molecule has 170 valence electrons. The van der Waals surface area contributed by atoms with Gasteiger partial charge in [-0.3, -0.25) is 19.3 Å². The standard InChI is InChI=1S/C24H23ClN4O3S/c25-19-4-1-2-5-20(19)27-22(30)16-28-11-13-29(14-12-28)24(32)17-7-9-18(10-8-17)26-23(31)21-6-3-15-33-21/h1-10,15H,11-14,16H2,(H,26,31)(H,27,30). The quantitative estimate of drug-likeness (QED) is 0.555. The highest BCUT2D eigenvalue weighted by atomic mass is 35.5. The second-order valence-electron chi connectivity index (χ2n) is 7.61. The van der Waals surface area contributed by atoms with Crippen LogP contribution in [0, 0.1) is 0 Å². The number of anilines is 2. The molecule has 9 heteroatoms. The van der Waals surface area contributed by atoms with Gasteiger partial charge in [0.05, 0.1) is 22.1 Å². The van der Waals surface area contributed by atoms with Crippen LogP contribution >= 0.6 is 22.9 Å². The molecule has 0 unspecified atom stereocenters. The Bertz CT molecular complexity index is 1130. The number of nitrogens with one attached hydrogen (secondary N) is 2. The average Bonchev–Trinajstić information content (AvgIpc) is 3.36. The van der Waals surface area contributed by atoms with Crippen LogP contribution in [0.25, 0.3) is 0 Å². The Kier molecular flexibility index (Phi) is 7.39. The summed E-state index contributed by atoms with van der Waals surface area (Å²) in [5.74, 6) is -0.367. The molecule has 0 bridgehead atoms. The summed E-state index contributed by atoms with van der Waals surface area (Å²) in [5, 5.41) is 8.00. The number of amides is 3. The molecule has 3 aromatic rings. The number of carbonyl (C=O) groups excluding carboxylic acids is 3. The molecule has 1 aromatic heterocycles. The van der Waals surface area contributed by atoms with Gasteiger partial charge in [-0.2, -0.15) is 0 Å². The third-order valence-electron chi connectivity index (χ3n) is 5.31. The minimum absolute atomic E-state index is 0.0636. The smallest absolute Gasteiger partial charge is 0.265 e. The Hall–Kier alpha value is -3.20. The summed E-state index contributed by atoms with van der Waals surface area (Å²) in [4.78, 5) is 41.8. The van der Waals surface area contributed by atoms with Crippen LogP contribution in [0.1, 0.15) is 20.0 Å². The van der Waals surface area contributed by atoms with E-state index in [4.69, 9.17) is 11.6 Å². The highest BCUT2D eigenvalue weighted by Crippen LogP contribution is 2.20. The van der Waals surface area contributed by atoms with Crippen LogP contribution in [0.2, 0.25) is 5.02 Å². The van der Waals surface area contributed by atoms with Gasteiger partial charge in [0.25, 0.3) is 11.8 Å². The van der Waals surface area contributed by atoms with E-state index in [2.05, 4.69) is 10.6 Å². The number of piperazine rings is 1. The molecule has 2 aromatic carbocycles. The Morgan fingerprint density at radius 3 is 2.27 bits per heavy atom. The summed E-state index contributed by atoms with van der Waals surface area (Å²) in [6.07, 6.45) is 0. The van der Waals surface area contributed by atoms with Crippen LogP contribution in [0.4, 0.5) is 11.4 Å². The summed E-state index contributed by atoms with van der Waals surface area (Å²) >= 11 is 7.46. The third kappa shape index (κ3) is 5.98. The van der Waals surface area contributed by atoms with Crippen LogP contribution in [0.5, 0.6) is 0 Å². The number of hydrogen-bond donors (Lipinski definition) is 2. The lowest BCUT2D eigenvalue weighted by Crippen LogP contribution is -2.50. The van der Waals surface area contributed by atoms with Crippen molar-refractivity contribution in [1.82, 2.24) is 9.80 Å². The summed E-state index contributed by atoms with van der Waals surface area (Å²) in [6.45, 7) is 2.53. The van der Waals surface area contributed by atoms with Crippen molar-refractivity contribution in [2.75, 3.05) is 43.4 Å². The van der Waals surface area contributed by atoms with E-state index in [0.717, 1.165) is 0 Å². The molecule has 33 heavy (non-hydrogen) atoms. The van der Waals surface area contributed by atoms with Crippen LogP contribution in [-0.2, 0) is 4.79 Å². The fourth-order valence-corrected chi connectivity index (χ4v) is 4.35. The molecule has 1 aliphatic rings. The summed E-state index contributed by atoms with van der Waals surface area (Å²) in [7, 11) is 0. The monoisotopic (exact) mass is 482 g/mol. The van der Waals surface area contributed by atoms with Crippen molar-refractivity contribution >= 4 is 52.0 Å². The molecule has 0 saturated carbocycles. The van der Waals surface area contributed by atoms with Gasteiger partial charge in [0.1, 0.15) is 0 Å². The molecule has 2 N–H and O–H groups in total. The van der Waals surface area contributed by atoms with Crippen molar-refractivity contribution in [2.24, 2.45) is 0 Å². The largest absolute Gasteiger partial charge is 0.336 e. The van der Waals surface area contributed by atoms with E-state index in [1.165, 1.54) is 11.3 Å².